The molecule has 0 aliphatic heterocycles. The van der Waals surface area contributed by atoms with Gasteiger partial charge in [0.25, 0.3) is 0 Å². The molecule has 4 heteroatoms. The molecule has 0 spiro atoms. The van der Waals surface area contributed by atoms with E-state index in [0.717, 1.165) is 0 Å². The average molecular weight is 231 g/mol. The Morgan fingerprint density at radius 3 is 2.25 bits per heavy atom. The van der Waals surface area contributed by atoms with Crippen LogP contribution in [0.5, 0.6) is 0 Å². The van der Waals surface area contributed by atoms with Crippen LogP contribution < -0.4 is 5.73 Å². The Hall–Kier alpha value is -0.610. The molecule has 4 nitrogen and oxygen atoms in total. The van der Waals surface area contributed by atoms with Crippen molar-refractivity contribution in [2.45, 2.75) is 46.1 Å². The Morgan fingerprint density at radius 2 is 1.88 bits per heavy atom. The van der Waals surface area contributed by atoms with Crippen LogP contribution in [0.1, 0.15) is 40.5 Å². The van der Waals surface area contributed by atoms with Crippen LogP contribution in [-0.2, 0) is 14.3 Å². The van der Waals surface area contributed by atoms with Gasteiger partial charge in [0.2, 0.25) is 0 Å². The quantitative estimate of drug-likeness (QED) is 0.678. The Labute approximate surface area is 98.5 Å². The number of methoxy groups -OCH3 is 1. The highest BCUT2D eigenvalue weighted by Gasteiger charge is 2.31. The molecule has 1 unspecified atom stereocenters. The molecule has 0 saturated carbocycles. The van der Waals surface area contributed by atoms with Gasteiger partial charge in [-0.25, -0.2) is 0 Å². The number of hydrogen-bond acceptors (Lipinski definition) is 4. The van der Waals surface area contributed by atoms with Crippen LogP contribution in [0.3, 0.4) is 0 Å². The van der Waals surface area contributed by atoms with Gasteiger partial charge in [-0.1, -0.05) is 6.92 Å². The zero-order valence-electron chi connectivity index (χ0n) is 11.1. The van der Waals surface area contributed by atoms with Gasteiger partial charge in [0.05, 0.1) is 17.6 Å². The highest BCUT2D eigenvalue weighted by atomic mass is 16.5. The van der Waals surface area contributed by atoms with Crippen LogP contribution in [0.25, 0.3) is 0 Å². The second-order valence-electron chi connectivity index (χ2n) is 4.97. The molecule has 0 amide bonds. The zero-order valence-corrected chi connectivity index (χ0v) is 11.1. The van der Waals surface area contributed by atoms with Crippen LogP contribution in [-0.4, -0.2) is 31.8 Å². The van der Waals surface area contributed by atoms with E-state index in [2.05, 4.69) is 0 Å². The van der Waals surface area contributed by atoms with Crippen LogP contribution >= 0.6 is 0 Å². The number of rotatable bonds is 7. The van der Waals surface area contributed by atoms with E-state index in [4.69, 9.17) is 15.2 Å². The summed E-state index contributed by atoms with van der Waals surface area (Å²) in [5.41, 5.74) is 4.76. The lowest BCUT2D eigenvalue weighted by Crippen LogP contribution is -2.37. The van der Waals surface area contributed by atoms with E-state index in [-0.39, 0.29) is 11.6 Å². The zero-order chi connectivity index (χ0) is 12.8. The van der Waals surface area contributed by atoms with Crippen molar-refractivity contribution in [2.75, 3.05) is 20.3 Å². The molecule has 0 aromatic rings. The fourth-order valence-corrected chi connectivity index (χ4v) is 1.04. The van der Waals surface area contributed by atoms with Crippen LogP contribution in [0.2, 0.25) is 0 Å². The monoisotopic (exact) mass is 231 g/mol. The summed E-state index contributed by atoms with van der Waals surface area (Å²) in [5, 5.41) is 0. The smallest absolute Gasteiger partial charge is 0.313 e. The van der Waals surface area contributed by atoms with Crippen LogP contribution in [0.4, 0.5) is 0 Å². The van der Waals surface area contributed by atoms with E-state index >= 15 is 0 Å². The first-order valence-corrected chi connectivity index (χ1v) is 5.74. The lowest BCUT2D eigenvalue weighted by molar-refractivity contribution is -0.156. The predicted molar refractivity (Wildman–Crippen MR) is 64.1 cm³/mol. The van der Waals surface area contributed by atoms with Gasteiger partial charge in [-0.3, -0.25) is 4.79 Å². The second-order valence-corrected chi connectivity index (χ2v) is 4.97. The lowest BCUT2D eigenvalue weighted by atomic mass is 9.88. The van der Waals surface area contributed by atoms with Crippen molar-refractivity contribution in [3.8, 4) is 0 Å². The van der Waals surface area contributed by atoms with Crippen molar-refractivity contribution in [3.05, 3.63) is 0 Å². The molecule has 0 rings (SSSR count). The first kappa shape index (κ1) is 15.4. The third-order valence-corrected chi connectivity index (χ3v) is 3.21. The van der Waals surface area contributed by atoms with Gasteiger partial charge in [-0.05, 0) is 27.2 Å². The van der Waals surface area contributed by atoms with Crippen molar-refractivity contribution < 1.29 is 14.3 Å². The number of nitrogens with two attached hydrogens (primary N) is 1. The molecular weight excluding hydrogens is 206 g/mol. The maximum absolute atomic E-state index is 11.8. The molecule has 0 aliphatic carbocycles. The molecule has 0 saturated heterocycles. The minimum atomic E-state index is -0.558. The summed E-state index contributed by atoms with van der Waals surface area (Å²) in [6.07, 6.45) is 1.37. The molecule has 96 valence electrons. The van der Waals surface area contributed by atoms with Crippen molar-refractivity contribution in [1.29, 1.82) is 0 Å². The highest BCUT2D eigenvalue weighted by Crippen LogP contribution is 2.22. The Morgan fingerprint density at radius 1 is 1.31 bits per heavy atom. The number of esters is 1. The lowest BCUT2D eigenvalue weighted by Gasteiger charge is -2.26. The maximum atomic E-state index is 11.8. The first-order valence-electron chi connectivity index (χ1n) is 5.74. The third kappa shape index (κ3) is 4.49. The molecule has 0 fully saturated rings. The minimum absolute atomic E-state index is 0.218. The normalized spacial score (nSPS) is 15.6. The van der Waals surface area contributed by atoms with E-state index in [1.807, 2.05) is 27.7 Å². The predicted octanol–water partition coefficient (Wildman–Crippen LogP) is 1.72. The van der Waals surface area contributed by atoms with Gasteiger partial charge in [0.15, 0.2) is 0 Å². The second kappa shape index (κ2) is 6.21. The SMILES string of the molecule is CCC(C)(CN)C(=O)OCCC(C)(C)OC. The summed E-state index contributed by atoms with van der Waals surface area (Å²) < 4.78 is 10.5. The van der Waals surface area contributed by atoms with Gasteiger partial charge in [0, 0.05) is 20.1 Å². The molecule has 16 heavy (non-hydrogen) atoms. The van der Waals surface area contributed by atoms with E-state index in [1.165, 1.54) is 0 Å². The van der Waals surface area contributed by atoms with Crippen molar-refractivity contribution >= 4 is 5.97 Å². The molecule has 0 heterocycles. The van der Waals surface area contributed by atoms with Crippen LogP contribution in [0.15, 0.2) is 0 Å². The first-order chi connectivity index (χ1) is 7.31. The van der Waals surface area contributed by atoms with Crippen LogP contribution in [0, 0.1) is 5.41 Å². The molecular formula is C12H25NO3. The highest BCUT2D eigenvalue weighted by molar-refractivity contribution is 5.76. The molecule has 0 aliphatic rings. The Bertz CT molecular complexity index is 222. The van der Waals surface area contributed by atoms with Gasteiger partial charge in [-0.2, -0.15) is 0 Å². The van der Waals surface area contributed by atoms with Crippen molar-refractivity contribution in [1.82, 2.24) is 0 Å². The largest absolute Gasteiger partial charge is 0.465 e. The number of carbonyl (C=O) groups is 1. The number of carbonyl (C=O) groups excluding carboxylic acids is 1. The maximum Gasteiger partial charge on any atom is 0.313 e. The fraction of sp³-hybridized carbons (Fsp3) is 0.917. The molecule has 0 aromatic carbocycles. The molecule has 0 aromatic heterocycles. The summed E-state index contributed by atoms with van der Waals surface area (Å²) >= 11 is 0. The van der Waals surface area contributed by atoms with Gasteiger partial charge >= 0.3 is 5.97 Å². The number of ether oxygens (including phenoxy) is 2. The van der Waals surface area contributed by atoms with E-state index in [1.54, 1.807) is 7.11 Å². The molecule has 2 N–H and O–H groups in total. The summed E-state index contributed by atoms with van der Waals surface area (Å²) in [6, 6.07) is 0. The standard InChI is InChI=1S/C12H25NO3/c1-6-12(4,9-13)10(14)16-8-7-11(2,3)15-5/h6-9,13H2,1-5H3. The van der Waals surface area contributed by atoms with E-state index in [9.17, 15) is 4.79 Å². The van der Waals surface area contributed by atoms with Crippen molar-refractivity contribution in [3.63, 3.8) is 0 Å². The molecule has 1 atom stereocenters. The third-order valence-electron chi connectivity index (χ3n) is 3.21. The summed E-state index contributed by atoms with van der Waals surface area (Å²) in [5.74, 6) is -0.218. The van der Waals surface area contributed by atoms with Gasteiger partial charge in [-0.15, -0.1) is 0 Å². The summed E-state index contributed by atoms with van der Waals surface area (Å²) in [6.45, 7) is 8.38. The molecule has 0 bridgehead atoms. The van der Waals surface area contributed by atoms with E-state index in [0.29, 0.717) is 26.0 Å². The minimum Gasteiger partial charge on any atom is -0.465 e. The summed E-state index contributed by atoms with van der Waals surface area (Å²) in [4.78, 5) is 11.8. The Balaban J connectivity index is 4.08. The van der Waals surface area contributed by atoms with Gasteiger partial charge in [0.1, 0.15) is 0 Å². The number of hydrogen-bond donors (Lipinski definition) is 1. The van der Waals surface area contributed by atoms with Gasteiger partial charge < -0.3 is 15.2 Å². The van der Waals surface area contributed by atoms with Crippen molar-refractivity contribution in [2.24, 2.45) is 11.1 Å². The Kier molecular flexibility index (Phi) is 5.97. The fourth-order valence-electron chi connectivity index (χ4n) is 1.04. The average Bonchev–Trinajstić information content (AvgIpc) is 2.27. The topological polar surface area (TPSA) is 61.6 Å². The summed E-state index contributed by atoms with van der Waals surface area (Å²) in [7, 11) is 1.65. The van der Waals surface area contributed by atoms with E-state index < -0.39 is 5.41 Å². The molecule has 0 radical (unpaired) electrons.